The van der Waals surface area contributed by atoms with Crippen LogP contribution in [-0.2, 0) is 14.4 Å². The van der Waals surface area contributed by atoms with E-state index in [4.69, 9.17) is 4.28 Å². The molecule has 6 nitrogen and oxygen atoms in total. The summed E-state index contributed by atoms with van der Waals surface area (Å²) in [4.78, 5) is 7.60. The molecular formula is C18H15N3O3S. The summed E-state index contributed by atoms with van der Waals surface area (Å²) in [6.45, 7) is 1.89. The molecule has 0 amide bonds. The molecule has 4 rings (SSSR count). The highest BCUT2D eigenvalue weighted by molar-refractivity contribution is 7.86. The Bertz CT molecular complexity index is 1120. The van der Waals surface area contributed by atoms with Crippen LogP contribution in [0.2, 0.25) is 0 Å². The number of benzene rings is 1. The number of aryl methyl sites for hydroxylation is 1. The number of anilines is 1. The van der Waals surface area contributed by atoms with Gasteiger partial charge < -0.3 is 4.98 Å². The molecule has 0 fully saturated rings. The third-order valence-electron chi connectivity index (χ3n) is 4.00. The summed E-state index contributed by atoms with van der Waals surface area (Å²) in [5.74, 6) is 0. The Labute approximate surface area is 144 Å². The number of hydrogen-bond donors (Lipinski definition) is 2. The molecule has 1 aliphatic carbocycles. The molecule has 1 aromatic carbocycles. The van der Waals surface area contributed by atoms with Crippen molar-refractivity contribution in [1.29, 1.82) is 0 Å². The van der Waals surface area contributed by atoms with E-state index in [0.29, 0.717) is 5.69 Å². The Morgan fingerprint density at radius 1 is 1.08 bits per heavy atom. The molecule has 0 atom stereocenters. The lowest BCUT2D eigenvalue weighted by Gasteiger charge is -2.09. The van der Waals surface area contributed by atoms with Gasteiger partial charge in [-0.25, -0.2) is 5.48 Å². The number of hydrogen-bond acceptors (Lipinski definition) is 5. The quantitative estimate of drug-likeness (QED) is 0.547. The molecule has 0 radical (unpaired) electrons. The van der Waals surface area contributed by atoms with Crippen molar-refractivity contribution >= 4 is 26.7 Å². The van der Waals surface area contributed by atoms with E-state index >= 15 is 0 Å². The largest absolute Gasteiger partial charge is 0.359 e. The van der Waals surface area contributed by atoms with Gasteiger partial charge in [0.25, 0.3) is 0 Å². The molecule has 0 saturated carbocycles. The van der Waals surface area contributed by atoms with Gasteiger partial charge in [0, 0.05) is 23.3 Å². The fraction of sp³-hybridized carbons (Fsp3) is 0.0556. The van der Waals surface area contributed by atoms with Gasteiger partial charge in [-0.2, -0.15) is 8.42 Å². The lowest BCUT2D eigenvalue weighted by molar-refractivity contribution is 0.391. The highest BCUT2D eigenvalue weighted by Crippen LogP contribution is 2.40. The SMILES string of the molecule is Cc1ccc(S(=O)(=O)ONc2c3ccc[nH]c-3c3ncccc23)cc1. The number of nitrogens with one attached hydrogen (secondary N) is 2. The monoisotopic (exact) mass is 353 g/mol. The molecule has 1 aliphatic heterocycles. The first-order valence-electron chi connectivity index (χ1n) is 7.66. The zero-order valence-electron chi connectivity index (χ0n) is 13.4. The Kier molecular flexibility index (Phi) is 3.67. The third kappa shape index (κ3) is 2.73. The number of aromatic amines is 1. The fourth-order valence-corrected chi connectivity index (χ4v) is 3.51. The van der Waals surface area contributed by atoms with Crippen LogP contribution in [0.15, 0.2) is 65.8 Å². The summed E-state index contributed by atoms with van der Waals surface area (Å²) in [6, 6.07) is 13.8. The maximum Gasteiger partial charge on any atom is 0.317 e. The van der Waals surface area contributed by atoms with Gasteiger partial charge in [-0.3, -0.25) is 4.98 Å². The standard InChI is InChI=1S/C18H15N3O3S/c1-12-6-8-13(9-7-12)25(22,23)24-21-16-14-4-2-10-19-17(14)18-15(16)5-3-11-20-18/h2-11,19,21H,1H3. The third-order valence-corrected chi connectivity index (χ3v) is 5.15. The van der Waals surface area contributed by atoms with E-state index in [9.17, 15) is 8.42 Å². The van der Waals surface area contributed by atoms with E-state index in [-0.39, 0.29) is 4.90 Å². The molecule has 126 valence electrons. The summed E-state index contributed by atoms with van der Waals surface area (Å²) in [6.07, 6.45) is 3.49. The smallest absolute Gasteiger partial charge is 0.317 e. The van der Waals surface area contributed by atoms with Crippen LogP contribution in [0.4, 0.5) is 5.69 Å². The Morgan fingerprint density at radius 2 is 1.88 bits per heavy atom. The molecule has 25 heavy (non-hydrogen) atoms. The lowest BCUT2D eigenvalue weighted by atomic mass is 10.2. The Balaban J connectivity index is 1.72. The molecule has 2 aliphatic rings. The predicted octanol–water partition coefficient (Wildman–Crippen LogP) is 3.71. The van der Waals surface area contributed by atoms with Crippen LogP contribution in [0.1, 0.15) is 5.56 Å². The summed E-state index contributed by atoms with van der Waals surface area (Å²) < 4.78 is 29.9. The summed E-state index contributed by atoms with van der Waals surface area (Å²) >= 11 is 0. The maximum absolute atomic E-state index is 12.4. The molecule has 0 saturated heterocycles. The highest BCUT2D eigenvalue weighted by Gasteiger charge is 2.22. The van der Waals surface area contributed by atoms with Gasteiger partial charge in [-0.15, -0.1) is 4.28 Å². The van der Waals surface area contributed by atoms with Crippen LogP contribution in [0.25, 0.3) is 22.2 Å². The second-order valence-corrected chi connectivity index (χ2v) is 7.23. The number of nitrogens with zero attached hydrogens (tertiary/aromatic N) is 1. The van der Waals surface area contributed by atoms with Gasteiger partial charge in [0.15, 0.2) is 0 Å². The van der Waals surface area contributed by atoms with Crippen molar-refractivity contribution in [2.45, 2.75) is 11.8 Å². The van der Waals surface area contributed by atoms with Crippen LogP contribution in [0.5, 0.6) is 0 Å². The first-order chi connectivity index (χ1) is 12.1. The predicted molar refractivity (Wildman–Crippen MR) is 95.8 cm³/mol. The molecular weight excluding hydrogens is 338 g/mol. The molecule has 0 unspecified atom stereocenters. The molecule has 1 aromatic heterocycles. The van der Waals surface area contributed by atoms with Gasteiger partial charge in [0.05, 0.1) is 21.8 Å². The van der Waals surface area contributed by atoms with E-state index in [1.165, 1.54) is 12.1 Å². The molecule has 2 aromatic rings. The highest BCUT2D eigenvalue weighted by atomic mass is 32.2. The zero-order chi connectivity index (χ0) is 17.4. The van der Waals surface area contributed by atoms with E-state index in [1.807, 2.05) is 25.1 Å². The van der Waals surface area contributed by atoms with Crippen molar-refractivity contribution in [3.63, 3.8) is 0 Å². The Hall–Kier alpha value is -2.90. The van der Waals surface area contributed by atoms with Gasteiger partial charge in [0.2, 0.25) is 0 Å². The minimum absolute atomic E-state index is 0.0930. The minimum atomic E-state index is -3.93. The van der Waals surface area contributed by atoms with E-state index in [1.54, 1.807) is 30.6 Å². The maximum atomic E-state index is 12.4. The van der Waals surface area contributed by atoms with E-state index in [2.05, 4.69) is 15.4 Å². The Morgan fingerprint density at radius 3 is 2.68 bits per heavy atom. The van der Waals surface area contributed by atoms with E-state index in [0.717, 1.165) is 27.7 Å². The van der Waals surface area contributed by atoms with Crippen molar-refractivity contribution in [2.75, 3.05) is 5.48 Å². The van der Waals surface area contributed by atoms with Crippen LogP contribution in [0, 0.1) is 6.92 Å². The van der Waals surface area contributed by atoms with Crippen LogP contribution >= 0.6 is 0 Å². The average molecular weight is 353 g/mol. The van der Waals surface area contributed by atoms with E-state index < -0.39 is 10.1 Å². The summed E-state index contributed by atoms with van der Waals surface area (Å²) in [5, 5.41) is 0.777. The van der Waals surface area contributed by atoms with Gasteiger partial charge in [-0.1, -0.05) is 17.7 Å². The number of pyridine rings is 2. The van der Waals surface area contributed by atoms with Crippen molar-refractivity contribution in [3.05, 3.63) is 66.5 Å². The molecule has 2 heterocycles. The molecule has 2 N–H and O–H groups in total. The first-order valence-corrected chi connectivity index (χ1v) is 9.07. The lowest BCUT2D eigenvalue weighted by Crippen LogP contribution is -2.11. The first kappa shape index (κ1) is 15.6. The number of aromatic nitrogens is 2. The van der Waals surface area contributed by atoms with Gasteiger partial charge in [0.1, 0.15) is 0 Å². The van der Waals surface area contributed by atoms with Crippen molar-refractivity contribution in [1.82, 2.24) is 9.97 Å². The molecule has 0 bridgehead atoms. The van der Waals surface area contributed by atoms with Crippen LogP contribution in [-0.4, -0.2) is 18.4 Å². The van der Waals surface area contributed by atoms with Crippen molar-refractivity contribution in [2.24, 2.45) is 0 Å². The number of H-pyrrole nitrogens is 1. The van der Waals surface area contributed by atoms with Crippen LogP contribution in [0.3, 0.4) is 0 Å². The molecule has 7 heteroatoms. The molecule has 0 spiro atoms. The van der Waals surface area contributed by atoms with Gasteiger partial charge in [-0.05, 0) is 43.3 Å². The fourth-order valence-electron chi connectivity index (χ4n) is 2.75. The second-order valence-electron chi connectivity index (χ2n) is 5.69. The zero-order valence-corrected chi connectivity index (χ0v) is 14.2. The topological polar surface area (TPSA) is 84.1 Å². The number of rotatable bonds is 4. The number of fused-ring (bicyclic) bond motifs is 3. The normalized spacial score (nSPS) is 11.9. The van der Waals surface area contributed by atoms with Crippen molar-refractivity contribution < 1.29 is 12.7 Å². The minimum Gasteiger partial charge on any atom is -0.359 e. The van der Waals surface area contributed by atoms with Crippen molar-refractivity contribution in [3.8, 4) is 11.3 Å². The summed E-state index contributed by atoms with van der Waals surface area (Å²) in [7, 11) is -3.93. The summed E-state index contributed by atoms with van der Waals surface area (Å²) in [5.41, 5.74) is 6.52. The average Bonchev–Trinajstić information content (AvgIpc) is 2.94. The van der Waals surface area contributed by atoms with Crippen LogP contribution < -0.4 is 5.48 Å². The van der Waals surface area contributed by atoms with Gasteiger partial charge >= 0.3 is 10.1 Å². The second kappa shape index (κ2) is 5.87.